The summed E-state index contributed by atoms with van der Waals surface area (Å²) in [6.45, 7) is 2.98. The number of hydrogen-bond donors (Lipinski definition) is 1. The molecule has 1 aromatic heterocycles. The summed E-state index contributed by atoms with van der Waals surface area (Å²) < 4.78 is 5.50. The number of rotatable bonds is 5. The SMILES string of the molecule is C[C@@H]1CCCC[C@@H]1NCc1coc(-c2ccc([N+](=O)[O-])cc2)n1. The first-order valence-corrected chi connectivity index (χ1v) is 8.06. The number of oxazole rings is 1. The van der Waals surface area contributed by atoms with Crippen LogP contribution in [0, 0.1) is 16.0 Å². The lowest BCUT2D eigenvalue weighted by Gasteiger charge is -2.29. The molecule has 1 fully saturated rings. The molecule has 6 heteroatoms. The Balaban J connectivity index is 1.62. The highest BCUT2D eigenvalue weighted by atomic mass is 16.6. The van der Waals surface area contributed by atoms with E-state index in [-0.39, 0.29) is 5.69 Å². The van der Waals surface area contributed by atoms with Gasteiger partial charge in [-0.2, -0.15) is 0 Å². The second kappa shape index (κ2) is 6.91. The van der Waals surface area contributed by atoms with Crippen LogP contribution in [-0.2, 0) is 6.54 Å². The van der Waals surface area contributed by atoms with E-state index in [0.717, 1.165) is 11.3 Å². The van der Waals surface area contributed by atoms with Gasteiger partial charge in [-0.05, 0) is 30.9 Å². The van der Waals surface area contributed by atoms with Crippen LogP contribution in [0.3, 0.4) is 0 Å². The van der Waals surface area contributed by atoms with Gasteiger partial charge in [0.15, 0.2) is 0 Å². The summed E-state index contributed by atoms with van der Waals surface area (Å²) in [6.07, 6.45) is 6.76. The van der Waals surface area contributed by atoms with Gasteiger partial charge in [0, 0.05) is 30.3 Å². The summed E-state index contributed by atoms with van der Waals surface area (Å²) in [5.41, 5.74) is 1.66. The Bertz CT molecular complexity index is 666. The molecule has 2 aromatic rings. The Kier molecular flexibility index (Phi) is 4.71. The molecule has 3 rings (SSSR count). The molecule has 0 amide bonds. The number of nitrogens with one attached hydrogen (secondary N) is 1. The molecule has 1 aromatic carbocycles. The summed E-state index contributed by atoms with van der Waals surface area (Å²) in [7, 11) is 0. The quantitative estimate of drug-likeness (QED) is 0.668. The molecular weight excluding hydrogens is 294 g/mol. The lowest BCUT2D eigenvalue weighted by molar-refractivity contribution is -0.384. The van der Waals surface area contributed by atoms with E-state index < -0.39 is 4.92 Å². The van der Waals surface area contributed by atoms with E-state index in [1.165, 1.54) is 37.8 Å². The normalized spacial score (nSPS) is 21.3. The lowest BCUT2D eigenvalue weighted by Crippen LogP contribution is -2.36. The fourth-order valence-corrected chi connectivity index (χ4v) is 3.10. The third-order valence-corrected chi connectivity index (χ3v) is 4.53. The van der Waals surface area contributed by atoms with Gasteiger partial charge in [-0.25, -0.2) is 4.98 Å². The predicted molar refractivity (Wildman–Crippen MR) is 86.9 cm³/mol. The van der Waals surface area contributed by atoms with Gasteiger partial charge in [-0.1, -0.05) is 19.8 Å². The van der Waals surface area contributed by atoms with Crippen molar-refractivity contribution >= 4 is 5.69 Å². The Labute approximate surface area is 135 Å². The van der Waals surface area contributed by atoms with E-state index in [1.807, 2.05) is 0 Å². The van der Waals surface area contributed by atoms with Crippen molar-refractivity contribution in [1.82, 2.24) is 10.3 Å². The summed E-state index contributed by atoms with van der Waals surface area (Å²) in [6, 6.07) is 6.78. The van der Waals surface area contributed by atoms with Gasteiger partial charge in [0.2, 0.25) is 5.89 Å². The van der Waals surface area contributed by atoms with Gasteiger partial charge in [0.1, 0.15) is 6.26 Å². The van der Waals surface area contributed by atoms with E-state index in [4.69, 9.17) is 4.42 Å². The monoisotopic (exact) mass is 315 g/mol. The standard InChI is InChI=1S/C17H21N3O3/c1-12-4-2-3-5-16(12)18-10-14-11-23-17(19-14)13-6-8-15(9-7-13)20(21)22/h6-9,11-12,16,18H,2-5,10H2,1H3/t12-,16+/m1/s1. The Morgan fingerprint density at radius 2 is 2.04 bits per heavy atom. The van der Waals surface area contributed by atoms with Crippen molar-refractivity contribution < 1.29 is 9.34 Å². The van der Waals surface area contributed by atoms with E-state index in [0.29, 0.717) is 24.4 Å². The predicted octanol–water partition coefficient (Wildman–Crippen LogP) is 3.92. The smallest absolute Gasteiger partial charge is 0.269 e. The molecule has 6 nitrogen and oxygen atoms in total. The van der Waals surface area contributed by atoms with Crippen LogP contribution in [0.5, 0.6) is 0 Å². The summed E-state index contributed by atoms with van der Waals surface area (Å²) in [4.78, 5) is 14.7. The number of nitro benzene ring substituents is 1. The molecule has 0 saturated heterocycles. The van der Waals surface area contributed by atoms with Crippen LogP contribution in [0.4, 0.5) is 5.69 Å². The lowest BCUT2D eigenvalue weighted by atomic mass is 9.86. The minimum absolute atomic E-state index is 0.0634. The van der Waals surface area contributed by atoms with E-state index >= 15 is 0 Å². The van der Waals surface area contributed by atoms with E-state index in [1.54, 1.807) is 18.4 Å². The molecule has 1 aliphatic carbocycles. The van der Waals surface area contributed by atoms with Crippen LogP contribution in [0.25, 0.3) is 11.5 Å². The average Bonchev–Trinajstić information content (AvgIpc) is 3.03. The molecule has 0 bridgehead atoms. The highest BCUT2D eigenvalue weighted by Crippen LogP contribution is 2.25. The molecule has 23 heavy (non-hydrogen) atoms. The van der Waals surface area contributed by atoms with Crippen LogP contribution < -0.4 is 5.32 Å². The number of nitro groups is 1. The van der Waals surface area contributed by atoms with Crippen molar-refractivity contribution in [3.8, 4) is 11.5 Å². The van der Waals surface area contributed by atoms with Gasteiger partial charge in [0.25, 0.3) is 5.69 Å². The maximum atomic E-state index is 10.7. The van der Waals surface area contributed by atoms with Crippen LogP contribution >= 0.6 is 0 Å². The first-order chi connectivity index (χ1) is 11.1. The zero-order chi connectivity index (χ0) is 16.2. The maximum Gasteiger partial charge on any atom is 0.269 e. The van der Waals surface area contributed by atoms with Crippen molar-refractivity contribution in [1.29, 1.82) is 0 Å². The van der Waals surface area contributed by atoms with Crippen molar-refractivity contribution in [3.63, 3.8) is 0 Å². The molecule has 1 heterocycles. The zero-order valence-corrected chi connectivity index (χ0v) is 13.2. The topological polar surface area (TPSA) is 81.2 Å². The summed E-state index contributed by atoms with van der Waals surface area (Å²) >= 11 is 0. The van der Waals surface area contributed by atoms with Crippen molar-refractivity contribution in [2.75, 3.05) is 0 Å². The molecule has 1 aliphatic rings. The maximum absolute atomic E-state index is 10.7. The zero-order valence-electron chi connectivity index (χ0n) is 13.2. The molecular formula is C17H21N3O3. The number of benzene rings is 1. The van der Waals surface area contributed by atoms with E-state index in [9.17, 15) is 10.1 Å². The number of nitrogens with zero attached hydrogens (tertiary/aromatic N) is 2. The first-order valence-electron chi connectivity index (χ1n) is 8.06. The fraction of sp³-hybridized carbons (Fsp3) is 0.471. The van der Waals surface area contributed by atoms with Crippen LogP contribution in [0.2, 0.25) is 0 Å². The highest BCUT2D eigenvalue weighted by molar-refractivity contribution is 5.55. The number of hydrogen-bond acceptors (Lipinski definition) is 5. The molecule has 0 aliphatic heterocycles. The molecule has 1 N–H and O–H groups in total. The fourth-order valence-electron chi connectivity index (χ4n) is 3.10. The van der Waals surface area contributed by atoms with Gasteiger partial charge >= 0.3 is 0 Å². The van der Waals surface area contributed by atoms with Crippen LogP contribution in [-0.4, -0.2) is 15.9 Å². The van der Waals surface area contributed by atoms with Gasteiger partial charge < -0.3 is 9.73 Å². The van der Waals surface area contributed by atoms with Crippen molar-refractivity contribution in [3.05, 3.63) is 46.3 Å². The molecule has 122 valence electrons. The Morgan fingerprint density at radius 1 is 1.30 bits per heavy atom. The minimum atomic E-state index is -0.417. The third-order valence-electron chi connectivity index (χ3n) is 4.53. The molecule has 0 radical (unpaired) electrons. The second-order valence-electron chi connectivity index (χ2n) is 6.20. The average molecular weight is 315 g/mol. The molecule has 1 saturated carbocycles. The minimum Gasteiger partial charge on any atom is -0.444 e. The first kappa shape index (κ1) is 15.7. The van der Waals surface area contributed by atoms with Crippen LogP contribution in [0.1, 0.15) is 38.3 Å². The Morgan fingerprint density at radius 3 is 2.74 bits per heavy atom. The highest BCUT2D eigenvalue weighted by Gasteiger charge is 2.21. The number of aromatic nitrogens is 1. The molecule has 0 unspecified atom stereocenters. The van der Waals surface area contributed by atoms with Crippen molar-refractivity contribution in [2.45, 2.75) is 45.2 Å². The van der Waals surface area contributed by atoms with Gasteiger partial charge in [-0.15, -0.1) is 0 Å². The summed E-state index contributed by atoms with van der Waals surface area (Å²) in [5, 5.41) is 14.2. The Hall–Kier alpha value is -2.21. The molecule has 2 atom stereocenters. The van der Waals surface area contributed by atoms with Crippen molar-refractivity contribution in [2.24, 2.45) is 5.92 Å². The van der Waals surface area contributed by atoms with Crippen LogP contribution in [0.15, 0.2) is 34.9 Å². The number of non-ortho nitro benzene ring substituents is 1. The molecule has 0 spiro atoms. The largest absolute Gasteiger partial charge is 0.444 e. The van der Waals surface area contributed by atoms with Gasteiger partial charge in [0.05, 0.1) is 10.6 Å². The summed E-state index contributed by atoms with van der Waals surface area (Å²) in [5.74, 6) is 1.19. The van der Waals surface area contributed by atoms with E-state index in [2.05, 4.69) is 17.2 Å². The third kappa shape index (κ3) is 3.76. The second-order valence-corrected chi connectivity index (χ2v) is 6.20. The van der Waals surface area contributed by atoms with Gasteiger partial charge in [-0.3, -0.25) is 10.1 Å².